The predicted octanol–water partition coefficient (Wildman–Crippen LogP) is 2.70. The Morgan fingerprint density at radius 3 is 2.79 bits per heavy atom. The second-order valence-electron chi connectivity index (χ2n) is 3.83. The number of carbonyl (C=O) groups excluding carboxylic acids is 1. The molecule has 1 aromatic rings. The van der Waals surface area contributed by atoms with Crippen molar-refractivity contribution in [1.29, 1.82) is 0 Å². The minimum atomic E-state index is 0.117. The molecule has 1 aliphatic rings. The number of fused-ring (bicyclic) bond motifs is 1. The minimum absolute atomic E-state index is 0.117. The van der Waals surface area contributed by atoms with E-state index in [1.165, 1.54) is 0 Å². The van der Waals surface area contributed by atoms with Crippen molar-refractivity contribution < 1.29 is 4.79 Å². The number of amides is 1. The average Bonchev–Trinajstić information content (AvgIpc) is 2.43. The van der Waals surface area contributed by atoms with Crippen LogP contribution in [0.2, 0.25) is 5.02 Å². The summed E-state index contributed by atoms with van der Waals surface area (Å²) in [6, 6.07) is 5.69. The van der Waals surface area contributed by atoms with Crippen LogP contribution >= 0.6 is 11.6 Å². The molecule has 0 bridgehead atoms. The van der Waals surface area contributed by atoms with Crippen LogP contribution in [-0.2, 0) is 6.54 Å². The molecule has 0 fully saturated rings. The quantitative estimate of drug-likeness (QED) is 0.697. The highest BCUT2D eigenvalue weighted by Crippen LogP contribution is 2.26. The number of carbonyl (C=O) groups is 1. The van der Waals surface area contributed by atoms with E-state index in [0.29, 0.717) is 11.6 Å². The summed E-state index contributed by atoms with van der Waals surface area (Å²) in [5.41, 5.74) is 1.83. The normalized spacial score (nSPS) is 15.1. The van der Waals surface area contributed by atoms with Gasteiger partial charge >= 0.3 is 0 Å². The molecule has 0 saturated carbocycles. The van der Waals surface area contributed by atoms with Crippen molar-refractivity contribution in [2.75, 3.05) is 0 Å². The van der Waals surface area contributed by atoms with E-state index in [9.17, 15) is 4.79 Å². The van der Waals surface area contributed by atoms with Crippen molar-refractivity contribution in [3.05, 3.63) is 34.3 Å². The summed E-state index contributed by atoms with van der Waals surface area (Å²) in [6.07, 6.45) is 0. The second-order valence-corrected chi connectivity index (χ2v) is 4.26. The molecule has 14 heavy (non-hydrogen) atoms. The molecule has 0 unspecified atom stereocenters. The molecule has 0 radical (unpaired) electrons. The van der Waals surface area contributed by atoms with Gasteiger partial charge in [-0.25, -0.2) is 0 Å². The molecule has 1 heterocycles. The van der Waals surface area contributed by atoms with Crippen molar-refractivity contribution in [3.8, 4) is 0 Å². The predicted molar refractivity (Wildman–Crippen MR) is 56.5 cm³/mol. The Morgan fingerprint density at radius 2 is 2.14 bits per heavy atom. The molecule has 74 valence electrons. The first kappa shape index (κ1) is 9.53. The highest BCUT2D eigenvalue weighted by atomic mass is 35.5. The van der Waals surface area contributed by atoms with Gasteiger partial charge in [0, 0.05) is 23.2 Å². The Morgan fingerprint density at radius 1 is 1.43 bits per heavy atom. The van der Waals surface area contributed by atoms with Crippen LogP contribution in [0.25, 0.3) is 0 Å². The van der Waals surface area contributed by atoms with Gasteiger partial charge in [-0.05, 0) is 37.6 Å². The first-order chi connectivity index (χ1) is 6.59. The van der Waals surface area contributed by atoms with Gasteiger partial charge in [0.05, 0.1) is 0 Å². The van der Waals surface area contributed by atoms with Crippen LogP contribution in [0.15, 0.2) is 18.2 Å². The second kappa shape index (κ2) is 3.28. The lowest BCUT2D eigenvalue weighted by atomic mass is 10.1. The maximum atomic E-state index is 11.8. The molecule has 0 aliphatic carbocycles. The largest absolute Gasteiger partial charge is 0.332 e. The van der Waals surface area contributed by atoms with E-state index in [1.807, 2.05) is 30.9 Å². The molecule has 0 spiro atoms. The minimum Gasteiger partial charge on any atom is -0.332 e. The Balaban J connectivity index is 2.40. The van der Waals surface area contributed by atoms with Crippen molar-refractivity contribution in [2.45, 2.75) is 26.4 Å². The number of hydrogen-bond donors (Lipinski definition) is 0. The van der Waals surface area contributed by atoms with E-state index < -0.39 is 0 Å². The highest BCUT2D eigenvalue weighted by Gasteiger charge is 2.28. The fourth-order valence-electron chi connectivity index (χ4n) is 1.73. The van der Waals surface area contributed by atoms with Crippen LogP contribution in [0.1, 0.15) is 29.8 Å². The summed E-state index contributed by atoms with van der Waals surface area (Å²) in [6.45, 7) is 4.73. The third kappa shape index (κ3) is 1.40. The maximum Gasteiger partial charge on any atom is 0.254 e. The van der Waals surface area contributed by atoms with E-state index >= 15 is 0 Å². The van der Waals surface area contributed by atoms with Gasteiger partial charge in [0.2, 0.25) is 0 Å². The fraction of sp³-hybridized carbons (Fsp3) is 0.364. The molecule has 0 N–H and O–H groups in total. The molecule has 1 amide bonds. The SMILES string of the molecule is CC(C)N1Cc2cc(Cl)ccc2C1=O. The lowest BCUT2D eigenvalue weighted by Gasteiger charge is -2.19. The Hall–Kier alpha value is -1.02. The van der Waals surface area contributed by atoms with Gasteiger partial charge in [-0.3, -0.25) is 4.79 Å². The first-order valence-corrected chi connectivity index (χ1v) is 5.07. The molecule has 0 saturated heterocycles. The van der Waals surface area contributed by atoms with Crippen LogP contribution in [-0.4, -0.2) is 16.8 Å². The number of hydrogen-bond acceptors (Lipinski definition) is 1. The molecule has 1 aliphatic heterocycles. The molecule has 2 nitrogen and oxygen atoms in total. The van der Waals surface area contributed by atoms with E-state index in [1.54, 1.807) is 6.07 Å². The van der Waals surface area contributed by atoms with Crippen molar-refractivity contribution in [3.63, 3.8) is 0 Å². The number of rotatable bonds is 1. The summed E-state index contributed by atoms with van der Waals surface area (Å²) < 4.78 is 0. The van der Waals surface area contributed by atoms with E-state index in [-0.39, 0.29) is 11.9 Å². The van der Waals surface area contributed by atoms with E-state index in [2.05, 4.69) is 0 Å². The molecule has 1 aromatic carbocycles. The lowest BCUT2D eigenvalue weighted by Crippen LogP contribution is -2.30. The van der Waals surface area contributed by atoms with E-state index in [4.69, 9.17) is 11.6 Å². The number of nitrogens with zero attached hydrogens (tertiary/aromatic N) is 1. The summed E-state index contributed by atoms with van der Waals surface area (Å²) in [4.78, 5) is 13.7. The van der Waals surface area contributed by atoms with Crippen LogP contribution in [0.5, 0.6) is 0 Å². The Kier molecular flexibility index (Phi) is 2.23. The molecule has 3 heteroatoms. The van der Waals surface area contributed by atoms with Crippen LogP contribution in [0.3, 0.4) is 0 Å². The molecule has 0 atom stereocenters. The summed E-state index contributed by atoms with van der Waals surface area (Å²) in [5, 5.41) is 0.696. The Bertz CT molecular complexity index is 387. The number of benzene rings is 1. The zero-order chi connectivity index (χ0) is 10.3. The van der Waals surface area contributed by atoms with Gasteiger partial charge < -0.3 is 4.90 Å². The van der Waals surface area contributed by atoms with Crippen molar-refractivity contribution >= 4 is 17.5 Å². The maximum absolute atomic E-state index is 11.8. The fourth-order valence-corrected chi connectivity index (χ4v) is 1.92. The molecule has 2 rings (SSSR count). The Labute approximate surface area is 88.5 Å². The zero-order valence-electron chi connectivity index (χ0n) is 8.25. The van der Waals surface area contributed by atoms with E-state index in [0.717, 1.165) is 11.1 Å². The highest BCUT2D eigenvalue weighted by molar-refractivity contribution is 6.30. The molecular formula is C11H12ClNO. The third-order valence-electron chi connectivity index (χ3n) is 2.52. The van der Waals surface area contributed by atoms with Crippen molar-refractivity contribution in [2.24, 2.45) is 0 Å². The van der Waals surface area contributed by atoms with Crippen LogP contribution in [0.4, 0.5) is 0 Å². The van der Waals surface area contributed by atoms with Crippen molar-refractivity contribution in [1.82, 2.24) is 4.90 Å². The molecular weight excluding hydrogens is 198 g/mol. The topological polar surface area (TPSA) is 20.3 Å². The zero-order valence-corrected chi connectivity index (χ0v) is 9.01. The van der Waals surface area contributed by atoms with Gasteiger partial charge in [-0.1, -0.05) is 11.6 Å². The van der Waals surface area contributed by atoms with Gasteiger partial charge in [0.1, 0.15) is 0 Å². The third-order valence-corrected chi connectivity index (χ3v) is 2.76. The summed E-state index contributed by atoms with van der Waals surface area (Å²) >= 11 is 5.87. The van der Waals surface area contributed by atoms with Crippen LogP contribution in [0, 0.1) is 0 Å². The summed E-state index contributed by atoms with van der Waals surface area (Å²) in [5.74, 6) is 0.117. The van der Waals surface area contributed by atoms with Gasteiger partial charge in [0.15, 0.2) is 0 Å². The van der Waals surface area contributed by atoms with Gasteiger partial charge in [-0.2, -0.15) is 0 Å². The average molecular weight is 210 g/mol. The lowest BCUT2D eigenvalue weighted by molar-refractivity contribution is 0.0730. The molecule has 0 aromatic heterocycles. The number of halogens is 1. The van der Waals surface area contributed by atoms with Crippen LogP contribution < -0.4 is 0 Å². The monoisotopic (exact) mass is 209 g/mol. The smallest absolute Gasteiger partial charge is 0.254 e. The standard InChI is InChI=1S/C11H12ClNO/c1-7(2)13-6-8-5-9(12)3-4-10(8)11(13)14/h3-5,7H,6H2,1-2H3. The van der Waals surface area contributed by atoms with Gasteiger partial charge in [0.25, 0.3) is 5.91 Å². The van der Waals surface area contributed by atoms with Gasteiger partial charge in [-0.15, -0.1) is 0 Å². The summed E-state index contributed by atoms with van der Waals surface area (Å²) in [7, 11) is 0. The first-order valence-electron chi connectivity index (χ1n) is 4.69.